The van der Waals surface area contributed by atoms with Crippen LogP contribution in [-0.4, -0.2) is 37.2 Å². The zero-order chi connectivity index (χ0) is 45.8. The third kappa shape index (κ3) is 49.5. The minimum atomic E-state index is -0.795. The van der Waals surface area contributed by atoms with Crippen LogP contribution >= 0.6 is 0 Å². The Morgan fingerprint density at radius 2 is 0.619 bits per heavy atom. The number of hydrogen-bond donors (Lipinski definition) is 0. The molecule has 0 aromatic rings. The number of unbranched alkanes of at least 4 members (excludes halogenated alkanes) is 21. The Balaban J connectivity index is 4.40. The van der Waals surface area contributed by atoms with Crippen molar-refractivity contribution >= 4 is 17.9 Å². The second kappa shape index (κ2) is 51.2. The van der Waals surface area contributed by atoms with Gasteiger partial charge in [0.05, 0.1) is 0 Å². The van der Waals surface area contributed by atoms with E-state index in [1.165, 1.54) is 103 Å². The molecular formula is C57H96O6. The van der Waals surface area contributed by atoms with E-state index in [1.54, 1.807) is 0 Å². The monoisotopic (exact) mass is 877 g/mol. The van der Waals surface area contributed by atoms with Crippen LogP contribution in [0.3, 0.4) is 0 Å². The number of allylic oxidation sites excluding steroid dienone is 14. The number of esters is 3. The molecule has 0 aromatic heterocycles. The summed E-state index contributed by atoms with van der Waals surface area (Å²) in [4.78, 5) is 37.9. The van der Waals surface area contributed by atoms with Crippen LogP contribution in [0.25, 0.3) is 0 Å². The Kier molecular flexibility index (Phi) is 48.5. The maximum Gasteiger partial charge on any atom is 0.306 e. The van der Waals surface area contributed by atoms with Crippen molar-refractivity contribution < 1.29 is 28.6 Å². The summed E-state index contributed by atoms with van der Waals surface area (Å²) in [6.45, 7) is 6.46. The Morgan fingerprint density at radius 1 is 0.333 bits per heavy atom. The molecule has 0 aliphatic heterocycles. The Hall–Kier alpha value is -3.41. The molecule has 0 aliphatic rings. The van der Waals surface area contributed by atoms with Gasteiger partial charge < -0.3 is 14.2 Å². The topological polar surface area (TPSA) is 78.9 Å². The molecule has 1 atom stereocenters. The minimum Gasteiger partial charge on any atom is -0.462 e. The summed E-state index contributed by atoms with van der Waals surface area (Å²) in [5.41, 5.74) is 0. The third-order valence-electron chi connectivity index (χ3n) is 10.9. The van der Waals surface area contributed by atoms with Gasteiger partial charge in [-0.3, -0.25) is 14.4 Å². The summed E-state index contributed by atoms with van der Waals surface area (Å²) < 4.78 is 16.7. The van der Waals surface area contributed by atoms with E-state index in [-0.39, 0.29) is 37.5 Å². The second-order valence-electron chi connectivity index (χ2n) is 17.1. The molecule has 0 aliphatic carbocycles. The van der Waals surface area contributed by atoms with Crippen molar-refractivity contribution in [2.45, 2.75) is 245 Å². The van der Waals surface area contributed by atoms with Crippen molar-refractivity contribution in [1.29, 1.82) is 0 Å². The van der Waals surface area contributed by atoms with Crippen LogP contribution in [0, 0.1) is 0 Å². The first-order valence-corrected chi connectivity index (χ1v) is 26.1. The molecule has 6 heteroatoms. The lowest BCUT2D eigenvalue weighted by Crippen LogP contribution is -2.30. The first kappa shape index (κ1) is 59.6. The van der Waals surface area contributed by atoms with Crippen molar-refractivity contribution in [3.05, 3.63) is 85.1 Å². The fourth-order valence-electron chi connectivity index (χ4n) is 7.02. The van der Waals surface area contributed by atoms with Crippen molar-refractivity contribution in [1.82, 2.24) is 0 Å². The fourth-order valence-corrected chi connectivity index (χ4v) is 7.02. The van der Waals surface area contributed by atoms with Gasteiger partial charge in [-0.15, -0.1) is 0 Å². The molecule has 63 heavy (non-hydrogen) atoms. The van der Waals surface area contributed by atoms with Crippen molar-refractivity contribution in [3.63, 3.8) is 0 Å². The second-order valence-corrected chi connectivity index (χ2v) is 17.1. The van der Waals surface area contributed by atoms with Gasteiger partial charge in [-0.25, -0.2) is 0 Å². The van der Waals surface area contributed by atoms with Crippen LogP contribution in [0.4, 0.5) is 0 Å². The summed E-state index contributed by atoms with van der Waals surface area (Å²) in [6, 6.07) is 0. The van der Waals surface area contributed by atoms with Gasteiger partial charge >= 0.3 is 17.9 Å². The van der Waals surface area contributed by atoms with Gasteiger partial charge in [-0.1, -0.05) is 234 Å². The van der Waals surface area contributed by atoms with E-state index in [4.69, 9.17) is 14.2 Å². The summed E-state index contributed by atoms with van der Waals surface area (Å²) in [7, 11) is 0. The Bertz CT molecular complexity index is 1240. The van der Waals surface area contributed by atoms with E-state index in [0.717, 1.165) is 89.9 Å². The van der Waals surface area contributed by atoms with Crippen LogP contribution < -0.4 is 0 Å². The number of hydrogen-bond acceptors (Lipinski definition) is 6. The first-order valence-electron chi connectivity index (χ1n) is 26.1. The van der Waals surface area contributed by atoms with E-state index in [9.17, 15) is 14.4 Å². The van der Waals surface area contributed by atoms with Gasteiger partial charge in [0, 0.05) is 19.3 Å². The molecule has 0 rings (SSSR count). The molecule has 0 radical (unpaired) electrons. The lowest BCUT2D eigenvalue weighted by molar-refractivity contribution is -0.167. The maximum atomic E-state index is 12.8. The van der Waals surface area contributed by atoms with Crippen LogP contribution in [0.2, 0.25) is 0 Å². The SMILES string of the molecule is CC/C=C\C/C=C\C/C=C\C/C=C\C/C=C\C/C=C\C/C=C\CCCC(=O)OCC(COC(=O)CCCCCCCCCCCC)OC(=O)CCCCCCCCCCCCCC. The molecule has 360 valence electrons. The molecule has 0 spiro atoms. The number of carbonyl (C=O) groups excluding carboxylic acids is 3. The molecular weight excluding hydrogens is 781 g/mol. The van der Waals surface area contributed by atoms with Gasteiger partial charge in [-0.2, -0.15) is 0 Å². The summed E-state index contributed by atoms with van der Waals surface area (Å²) in [5, 5.41) is 0. The standard InChI is InChI=1S/C57H96O6/c1-4-7-10-13-16-19-22-24-25-26-27-28-29-30-31-32-33-34-36-38-41-44-47-50-56(59)62-53-54(52-61-55(58)49-46-43-40-37-21-18-15-12-9-6-3)63-57(60)51-48-45-42-39-35-23-20-17-14-11-8-5-2/h7,10,16,19,24-25,27-28,30-31,33-34,38,41,54H,4-6,8-9,11-15,17-18,20-23,26,29,32,35-37,39-40,42-53H2,1-3H3/b10-7-,19-16-,25-24-,28-27-,31-30-,34-33-,41-38-. The lowest BCUT2D eigenvalue weighted by Gasteiger charge is -2.18. The van der Waals surface area contributed by atoms with Gasteiger partial charge in [0.15, 0.2) is 6.10 Å². The number of rotatable bonds is 46. The van der Waals surface area contributed by atoms with Crippen LogP contribution in [0.1, 0.15) is 239 Å². The maximum absolute atomic E-state index is 12.8. The van der Waals surface area contributed by atoms with E-state index < -0.39 is 6.10 Å². The van der Waals surface area contributed by atoms with Crippen LogP contribution in [-0.2, 0) is 28.6 Å². The molecule has 0 bridgehead atoms. The van der Waals surface area contributed by atoms with E-state index >= 15 is 0 Å². The molecule has 0 N–H and O–H groups in total. The average Bonchev–Trinajstić information content (AvgIpc) is 3.28. The molecule has 1 unspecified atom stereocenters. The van der Waals surface area contributed by atoms with E-state index in [2.05, 4.69) is 106 Å². The predicted octanol–water partition coefficient (Wildman–Crippen LogP) is 17.2. The molecule has 0 heterocycles. The highest BCUT2D eigenvalue weighted by atomic mass is 16.6. The Morgan fingerprint density at radius 3 is 0.968 bits per heavy atom. The molecule has 0 amide bonds. The molecule has 0 aromatic carbocycles. The molecule has 6 nitrogen and oxygen atoms in total. The average molecular weight is 877 g/mol. The number of ether oxygens (including phenoxy) is 3. The minimum absolute atomic E-state index is 0.0919. The molecule has 0 saturated heterocycles. The first-order chi connectivity index (χ1) is 31.0. The zero-order valence-electron chi connectivity index (χ0n) is 41.1. The highest BCUT2D eigenvalue weighted by molar-refractivity contribution is 5.71. The molecule has 0 fully saturated rings. The van der Waals surface area contributed by atoms with E-state index in [1.807, 2.05) is 0 Å². The quantitative estimate of drug-likeness (QED) is 0.0262. The van der Waals surface area contributed by atoms with Crippen LogP contribution in [0.5, 0.6) is 0 Å². The van der Waals surface area contributed by atoms with Crippen molar-refractivity contribution in [3.8, 4) is 0 Å². The largest absolute Gasteiger partial charge is 0.462 e. The smallest absolute Gasteiger partial charge is 0.306 e. The highest BCUT2D eigenvalue weighted by Crippen LogP contribution is 2.15. The Labute approximate surface area is 388 Å². The van der Waals surface area contributed by atoms with Gasteiger partial charge in [0.25, 0.3) is 0 Å². The fraction of sp³-hybridized carbons (Fsp3) is 0.702. The highest BCUT2D eigenvalue weighted by Gasteiger charge is 2.19. The van der Waals surface area contributed by atoms with E-state index in [0.29, 0.717) is 19.3 Å². The van der Waals surface area contributed by atoms with Gasteiger partial charge in [0.2, 0.25) is 0 Å². The zero-order valence-corrected chi connectivity index (χ0v) is 41.1. The van der Waals surface area contributed by atoms with Crippen LogP contribution in [0.15, 0.2) is 85.1 Å². The normalized spacial score (nSPS) is 12.7. The third-order valence-corrected chi connectivity index (χ3v) is 10.9. The molecule has 0 saturated carbocycles. The summed E-state index contributed by atoms with van der Waals surface area (Å²) in [6.07, 6.45) is 65.8. The van der Waals surface area contributed by atoms with Crippen molar-refractivity contribution in [2.24, 2.45) is 0 Å². The predicted molar refractivity (Wildman–Crippen MR) is 270 cm³/mol. The number of carbonyl (C=O) groups is 3. The van der Waals surface area contributed by atoms with Gasteiger partial charge in [0.1, 0.15) is 13.2 Å². The lowest BCUT2D eigenvalue weighted by atomic mass is 10.0. The summed E-state index contributed by atoms with van der Waals surface area (Å²) >= 11 is 0. The van der Waals surface area contributed by atoms with Gasteiger partial charge in [-0.05, 0) is 70.6 Å². The van der Waals surface area contributed by atoms with Crippen molar-refractivity contribution in [2.75, 3.05) is 13.2 Å². The summed E-state index contributed by atoms with van der Waals surface area (Å²) in [5.74, 6) is -0.955.